The van der Waals surface area contributed by atoms with Gasteiger partial charge in [-0.05, 0) is 57.1 Å². The molecule has 3 aromatic rings. The summed E-state index contributed by atoms with van der Waals surface area (Å²) < 4.78 is 15.9. The molecular weight excluding hydrogens is 425 g/mol. The van der Waals surface area contributed by atoms with Crippen LogP contribution < -0.4 is 5.32 Å². The highest BCUT2D eigenvalue weighted by Gasteiger charge is 2.25. The molecule has 1 amide bonds. The number of nitrogens with zero attached hydrogens (tertiary/aromatic N) is 4. The minimum atomic E-state index is -0.436. The summed E-state index contributed by atoms with van der Waals surface area (Å²) in [6.07, 6.45) is 3.95. The molecule has 1 atom stereocenters. The summed E-state index contributed by atoms with van der Waals surface area (Å²) in [5.74, 6) is 0.768. The van der Waals surface area contributed by atoms with Crippen molar-refractivity contribution in [3.63, 3.8) is 0 Å². The average molecular weight is 454 g/mol. The lowest BCUT2D eigenvalue weighted by molar-refractivity contribution is -0.115. The van der Waals surface area contributed by atoms with Gasteiger partial charge in [0.2, 0.25) is 5.91 Å². The van der Waals surface area contributed by atoms with Crippen molar-refractivity contribution in [2.24, 2.45) is 0 Å². The lowest BCUT2D eigenvalue weighted by Gasteiger charge is -2.31. The predicted octanol–water partition coefficient (Wildman–Crippen LogP) is 5.07. The lowest BCUT2D eigenvalue weighted by Crippen LogP contribution is -2.33. The Morgan fingerprint density at radius 2 is 1.78 bits per heavy atom. The zero-order valence-electron chi connectivity index (χ0n) is 18.2. The third-order valence-electron chi connectivity index (χ3n) is 5.69. The molecule has 1 aliphatic heterocycles. The molecule has 0 radical (unpaired) electrons. The van der Waals surface area contributed by atoms with Gasteiger partial charge in [0.1, 0.15) is 5.82 Å². The van der Waals surface area contributed by atoms with Gasteiger partial charge in [0.25, 0.3) is 0 Å². The van der Waals surface area contributed by atoms with Gasteiger partial charge in [0.05, 0.1) is 11.7 Å². The number of benzene rings is 2. The quantitative estimate of drug-likeness (QED) is 0.482. The number of carbonyl (C=O) groups excluding carboxylic acids is 1. The second-order valence-electron chi connectivity index (χ2n) is 7.91. The molecule has 6 nitrogen and oxygen atoms in total. The number of para-hydroxylation sites is 2. The number of anilines is 1. The number of piperidine rings is 1. The Bertz CT molecular complexity index is 1040. The second-order valence-corrected chi connectivity index (χ2v) is 8.97. The maximum Gasteiger partial charge on any atom is 0.225 e. The van der Waals surface area contributed by atoms with Crippen LogP contribution in [0.5, 0.6) is 0 Å². The number of likely N-dealkylation sites (tertiary alicyclic amines) is 1. The summed E-state index contributed by atoms with van der Waals surface area (Å²) in [6, 6.07) is 16.4. The van der Waals surface area contributed by atoms with Crippen molar-refractivity contribution in [1.29, 1.82) is 0 Å². The normalized spacial score (nSPS) is 15.4. The molecule has 1 fully saturated rings. The van der Waals surface area contributed by atoms with E-state index < -0.39 is 5.82 Å². The molecule has 32 heavy (non-hydrogen) atoms. The van der Waals surface area contributed by atoms with E-state index in [2.05, 4.69) is 31.9 Å². The highest BCUT2D eigenvalue weighted by atomic mass is 32.2. The van der Waals surface area contributed by atoms with E-state index in [1.54, 1.807) is 18.2 Å². The minimum Gasteiger partial charge on any atom is -0.324 e. The maximum absolute atomic E-state index is 13.8. The Balaban J connectivity index is 1.46. The van der Waals surface area contributed by atoms with Crippen LogP contribution in [0.1, 0.15) is 44.5 Å². The Kier molecular flexibility index (Phi) is 7.55. The van der Waals surface area contributed by atoms with Gasteiger partial charge in [-0.2, -0.15) is 0 Å². The van der Waals surface area contributed by atoms with Gasteiger partial charge in [0, 0.05) is 17.9 Å². The number of hydrogen-bond donors (Lipinski definition) is 1. The molecule has 0 saturated carbocycles. The molecular formula is C24H28FN5OS. The summed E-state index contributed by atoms with van der Waals surface area (Å²) in [7, 11) is 0. The van der Waals surface area contributed by atoms with Gasteiger partial charge < -0.3 is 5.32 Å². The fraction of sp³-hybridized carbons (Fsp3) is 0.375. The van der Waals surface area contributed by atoms with Crippen molar-refractivity contribution in [3.8, 4) is 5.69 Å². The largest absolute Gasteiger partial charge is 0.324 e. The molecule has 8 heteroatoms. The van der Waals surface area contributed by atoms with E-state index in [9.17, 15) is 9.18 Å². The van der Waals surface area contributed by atoms with E-state index in [0.29, 0.717) is 5.75 Å². The van der Waals surface area contributed by atoms with Crippen molar-refractivity contribution < 1.29 is 9.18 Å². The van der Waals surface area contributed by atoms with Crippen molar-refractivity contribution >= 4 is 23.4 Å². The van der Waals surface area contributed by atoms with Crippen LogP contribution in [0.2, 0.25) is 0 Å². The van der Waals surface area contributed by atoms with Crippen LogP contribution in [0.4, 0.5) is 10.1 Å². The number of rotatable bonds is 8. The van der Waals surface area contributed by atoms with Gasteiger partial charge in [-0.3, -0.25) is 14.3 Å². The molecule has 0 bridgehead atoms. The SMILES string of the molecule is CC(c1nnc(SCCC(=O)Nc2ccccc2F)n1-c1ccccc1)N1CCCCC1. The topological polar surface area (TPSA) is 63.1 Å². The number of hydrogen-bond acceptors (Lipinski definition) is 5. The molecule has 0 spiro atoms. The zero-order chi connectivity index (χ0) is 22.3. The fourth-order valence-electron chi connectivity index (χ4n) is 3.94. The number of amides is 1. The number of carbonyl (C=O) groups is 1. The Hall–Kier alpha value is -2.71. The van der Waals surface area contributed by atoms with Crippen LogP contribution in [-0.4, -0.2) is 44.4 Å². The number of halogens is 1. The number of thioether (sulfide) groups is 1. The highest BCUT2D eigenvalue weighted by molar-refractivity contribution is 7.99. The van der Waals surface area contributed by atoms with Gasteiger partial charge in [-0.1, -0.05) is 48.5 Å². The van der Waals surface area contributed by atoms with Crippen LogP contribution in [0, 0.1) is 5.82 Å². The van der Waals surface area contributed by atoms with Crippen molar-refractivity contribution in [3.05, 3.63) is 66.2 Å². The Morgan fingerprint density at radius 3 is 2.53 bits per heavy atom. The van der Waals surface area contributed by atoms with Gasteiger partial charge in [0.15, 0.2) is 11.0 Å². The van der Waals surface area contributed by atoms with E-state index in [1.807, 2.05) is 30.3 Å². The maximum atomic E-state index is 13.8. The first kappa shape index (κ1) is 22.5. The summed E-state index contributed by atoms with van der Waals surface area (Å²) in [6.45, 7) is 4.33. The molecule has 1 N–H and O–H groups in total. The standard InChI is InChI=1S/C24H28FN5OS/c1-18(29-15-8-3-9-16-29)23-27-28-24(30(23)19-10-4-2-5-11-19)32-17-14-22(31)26-21-13-7-6-12-20(21)25/h2,4-7,10-13,18H,3,8-9,14-17H2,1H3,(H,26,31). The van der Waals surface area contributed by atoms with Crippen molar-refractivity contribution in [2.75, 3.05) is 24.2 Å². The third-order valence-corrected chi connectivity index (χ3v) is 6.62. The fourth-order valence-corrected chi connectivity index (χ4v) is 4.84. The lowest BCUT2D eigenvalue weighted by atomic mass is 10.1. The van der Waals surface area contributed by atoms with Gasteiger partial charge in [-0.15, -0.1) is 10.2 Å². The predicted molar refractivity (Wildman–Crippen MR) is 126 cm³/mol. The highest BCUT2D eigenvalue weighted by Crippen LogP contribution is 2.29. The van der Waals surface area contributed by atoms with Gasteiger partial charge in [-0.25, -0.2) is 4.39 Å². The summed E-state index contributed by atoms with van der Waals surface area (Å²) in [5, 5.41) is 12.4. The van der Waals surface area contributed by atoms with E-state index in [4.69, 9.17) is 0 Å². The number of nitrogens with one attached hydrogen (secondary N) is 1. The second kappa shape index (κ2) is 10.7. The van der Waals surface area contributed by atoms with Gasteiger partial charge >= 0.3 is 0 Å². The Morgan fingerprint density at radius 1 is 1.06 bits per heavy atom. The monoisotopic (exact) mass is 453 g/mol. The zero-order valence-corrected chi connectivity index (χ0v) is 19.0. The van der Waals surface area contributed by atoms with Crippen LogP contribution >= 0.6 is 11.8 Å². The van der Waals surface area contributed by atoms with E-state index in [1.165, 1.54) is 37.1 Å². The molecule has 1 saturated heterocycles. The first-order valence-corrected chi connectivity index (χ1v) is 12.0. The summed E-state index contributed by atoms with van der Waals surface area (Å²) in [5.41, 5.74) is 1.21. The van der Waals surface area contributed by atoms with Crippen LogP contribution in [0.15, 0.2) is 59.8 Å². The number of aromatic nitrogens is 3. The minimum absolute atomic E-state index is 0.154. The summed E-state index contributed by atoms with van der Waals surface area (Å²) >= 11 is 1.49. The Labute approximate surface area is 192 Å². The third kappa shape index (κ3) is 5.37. The summed E-state index contributed by atoms with van der Waals surface area (Å²) in [4.78, 5) is 14.8. The van der Waals surface area contributed by atoms with E-state index in [-0.39, 0.29) is 24.1 Å². The first-order valence-electron chi connectivity index (χ1n) is 11.1. The van der Waals surface area contributed by atoms with Crippen LogP contribution in [-0.2, 0) is 4.79 Å². The van der Waals surface area contributed by atoms with Crippen LogP contribution in [0.25, 0.3) is 5.69 Å². The molecule has 1 unspecified atom stereocenters. The molecule has 2 heterocycles. The molecule has 4 rings (SSSR count). The average Bonchev–Trinajstić information content (AvgIpc) is 3.25. The van der Waals surface area contributed by atoms with E-state index in [0.717, 1.165) is 29.8 Å². The molecule has 1 aromatic heterocycles. The molecule has 2 aromatic carbocycles. The molecule has 0 aliphatic carbocycles. The smallest absolute Gasteiger partial charge is 0.225 e. The van der Waals surface area contributed by atoms with E-state index >= 15 is 0 Å². The first-order chi connectivity index (χ1) is 15.6. The molecule has 168 valence electrons. The molecule has 1 aliphatic rings. The van der Waals surface area contributed by atoms with Crippen molar-refractivity contribution in [1.82, 2.24) is 19.7 Å². The van der Waals surface area contributed by atoms with Crippen molar-refractivity contribution in [2.45, 2.75) is 43.8 Å². The van der Waals surface area contributed by atoms with Crippen LogP contribution in [0.3, 0.4) is 0 Å².